The van der Waals surface area contributed by atoms with Gasteiger partial charge in [0.1, 0.15) is 0 Å². The molecule has 3 aliphatic rings. The fourth-order valence-corrected chi connectivity index (χ4v) is 6.02. The van der Waals surface area contributed by atoms with Gasteiger partial charge >= 0.3 is 5.97 Å². The number of amides is 1. The number of carboxylic acids is 1. The number of hydrogen-bond donors (Lipinski definition) is 2. The topological polar surface area (TPSA) is 83.6 Å². The highest BCUT2D eigenvalue weighted by atomic mass is 19.1. The molecular weight excluding hydrogens is 503 g/mol. The number of benzene rings is 2. The zero-order chi connectivity index (χ0) is 28.2. The first-order valence-corrected chi connectivity index (χ1v) is 13.9. The minimum atomic E-state index is -0.939. The SMILES string of the molecule is C=C1C=CC=C(C2=C(c3ccc(CC4CN(CCCF)C4)cc3)c3ccc(C(=O)O)cc3CCC2)C=C1C(N)=O. The maximum atomic E-state index is 12.5. The molecule has 0 atom stereocenters. The Bertz CT molecular complexity index is 1460. The first-order valence-electron chi connectivity index (χ1n) is 13.9. The zero-order valence-electron chi connectivity index (χ0n) is 22.7. The number of halogens is 1. The summed E-state index contributed by atoms with van der Waals surface area (Å²) in [5.41, 5.74) is 14.3. The molecule has 0 unspecified atom stereocenters. The van der Waals surface area contributed by atoms with E-state index >= 15 is 0 Å². The summed E-state index contributed by atoms with van der Waals surface area (Å²) in [5.74, 6) is -0.874. The molecular formula is C34H35FN2O3. The number of hydrogen-bond acceptors (Lipinski definition) is 3. The molecule has 5 rings (SSSR count). The van der Waals surface area contributed by atoms with Crippen LogP contribution in [0.15, 0.2) is 95.6 Å². The van der Waals surface area contributed by atoms with Crippen LogP contribution in [0.3, 0.4) is 0 Å². The number of alkyl halides is 1. The predicted octanol–water partition coefficient (Wildman–Crippen LogP) is 5.82. The summed E-state index contributed by atoms with van der Waals surface area (Å²) >= 11 is 0. The average Bonchev–Trinajstić information content (AvgIpc) is 3.23. The van der Waals surface area contributed by atoms with E-state index in [0.29, 0.717) is 23.5 Å². The van der Waals surface area contributed by atoms with Crippen LogP contribution >= 0.6 is 0 Å². The van der Waals surface area contributed by atoms with Gasteiger partial charge in [0.05, 0.1) is 12.2 Å². The summed E-state index contributed by atoms with van der Waals surface area (Å²) in [6.07, 6.45) is 11.5. The van der Waals surface area contributed by atoms with E-state index < -0.39 is 11.9 Å². The molecule has 3 N–H and O–H groups in total. The Morgan fingerprint density at radius 1 is 1.10 bits per heavy atom. The third-order valence-electron chi connectivity index (χ3n) is 8.04. The van der Waals surface area contributed by atoms with Gasteiger partial charge in [-0.25, -0.2) is 4.79 Å². The summed E-state index contributed by atoms with van der Waals surface area (Å²) in [7, 11) is 0. The Balaban J connectivity index is 1.54. The smallest absolute Gasteiger partial charge is 0.335 e. The summed E-state index contributed by atoms with van der Waals surface area (Å²) in [4.78, 5) is 26.3. The predicted molar refractivity (Wildman–Crippen MR) is 157 cm³/mol. The fraction of sp³-hybridized carbons (Fsp3) is 0.294. The largest absolute Gasteiger partial charge is 0.478 e. The maximum Gasteiger partial charge on any atom is 0.335 e. The minimum Gasteiger partial charge on any atom is -0.478 e. The van der Waals surface area contributed by atoms with Crippen molar-refractivity contribution < 1.29 is 19.1 Å². The molecule has 1 fully saturated rings. The maximum absolute atomic E-state index is 12.5. The van der Waals surface area contributed by atoms with Crippen LogP contribution in [0.2, 0.25) is 0 Å². The number of allylic oxidation sites excluding steroid dienone is 6. The highest BCUT2D eigenvalue weighted by molar-refractivity contribution is 5.99. The first-order chi connectivity index (χ1) is 19.3. The van der Waals surface area contributed by atoms with E-state index in [0.717, 1.165) is 78.7 Å². The van der Waals surface area contributed by atoms with E-state index in [1.807, 2.05) is 24.3 Å². The summed E-state index contributed by atoms with van der Waals surface area (Å²) < 4.78 is 12.5. The number of likely N-dealkylation sites (tertiary alicyclic amines) is 1. The van der Waals surface area contributed by atoms with Gasteiger partial charge in [0, 0.05) is 25.2 Å². The molecule has 0 bridgehead atoms. The molecule has 5 nitrogen and oxygen atoms in total. The molecule has 0 spiro atoms. The van der Waals surface area contributed by atoms with Crippen molar-refractivity contribution in [2.24, 2.45) is 11.7 Å². The van der Waals surface area contributed by atoms with Crippen LogP contribution < -0.4 is 5.73 Å². The number of carbonyl (C=O) groups excluding carboxylic acids is 1. The molecule has 1 aliphatic heterocycles. The molecule has 6 heteroatoms. The minimum absolute atomic E-state index is 0.261. The standard InChI is InChI=1S/C34H35FN2O3/c1-22-5-2-6-27(19-31(22)33(36)38)29-8-3-7-26-18-28(34(39)40)13-14-30(26)32(29)25-11-9-23(10-12-25)17-24-20-37(21-24)16-4-15-35/h2,5-6,9-14,18-19,24H,1,3-4,7-8,15-17,20-21H2,(H2,36,38)(H,39,40). The Morgan fingerprint density at radius 2 is 1.88 bits per heavy atom. The van der Waals surface area contributed by atoms with Gasteiger partial charge in [-0.05, 0) is 101 Å². The van der Waals surface area contributed by atoms with Gasteiger partial charge in [-0.1, -0.05) is 55.1 Å². The number of carbonyl (C=O) groups is 2. The van der Waals surface area contributed by atoms with E-state index in [9.17, 15) is 19.1 Å². The molecule has 0 aromatic heterocycles. The van der Waals surface area contributed by atoms with Gasteiger partial charge in [-0.3, -0.25) is 9.18 Å². The number of primary amides is 1. The molecule has 2 aromatic carbocycles. The van der Waals surface area contributed by atoms with Gasteiger partial charge in [0.2, 0.25) is 5.91 Å². The third kappa shape index (κ3) is 5.92. The van der Waals surface area contributed by atoms with Crippen molar-refractivity contribution in [2.45, 2.75) is 32.1 Å². The lowest BCUT2D eigenvalue weighted by Gasteiger charge is -2.39. The quantitative estimate of drug-likeness (QED) is 0.421. The zero-order valence-corrected chi connectivity index (χ0v) is 22.7. The molecule has 206 valence electrons. The van der Waals surface area contributed by atoms with Crippen LogP contribution in [0.1, 0.15) is 51.9 Å². The Kier molecular flexibility index (Phi) is 8.27. The number of nitrogens with two attached hydrogens (primary N) is 1. The van der Waals surface area contributed by atoms with E-state index in [1.165, 1.54) is 5.56 Å². The van der Waals surface area contributed by atoms with E-state index in [1.54, 1.807) is 18.2 Å². The highest BCUT2D eigenvalue weighted by Gasteiger charge is 2.27. The molecule has 1 amide bonds. The Morgan fingerprint density at radius 3 is 2.58 bits per heavy atom. The Labute approximate surface area is 234 Å². The van der Waals surface area contributed by atoms with Gasteiger partial charge in [-0.15, -0.1) is 0 Å². The second kappa shape index (κ2) is 12.0. The molecule has 1 heterocycles. The summed E-state index contributed by atoms with van der Waals surface area (Å²) in [5, 5.41) is 9.61. The Hall–Kier alpha value is -4.03. The average molecular weight is 539 g/mol. The third-order valence-corrected chi connectivity index (χ3v) is 8.04. The number of fused-ring (bicyclic) bond motifs is 1. The number of aryl methyl sites for hydroxylation is 1. The van der Waals surface area contributed by atoms with Gasteiger partial charge in [-0.2, -0.15) is 0 Å². The van der Waals surface area contributed by atoms with Crippen LogP contribution in [0.5, 0.6) is 0 Å². The number of carboxylic acid groups (broad SMARTS) is 1. The lowest BCUT2D eigenvalue weighted by molar-refractivity contribution is -0.114. The van der Waals surface area contributed by atoms with E-state index in [4.69, 9.17) is 5.73 Å². The summed E-state index contributed by atoms with van der Waals surface area (Å²) in [6, 6.07) is 14.0. The van der Waals surface area contributed by atoms with Crippen molar-refractivity contribution in [3.05, 3.63) is 123 Å². The van der Waals surface area contributed by atoms with Crippen molar-refractivity contribution in [3.8, 4) is 0 Å². The lowest BCUT2D eigenvalue weighted by Crippen LogP contribution is -2.47. The van der Waals surface area contributed by atoms with Crippen molar-refractivity contribution in [2.75, 3.05) is 26.3 Å². The fourth-order valence-electron chi connectivity index (χ4n) is 6.02. The van der Waals surface area contributed by atoms with Crippen LogP contribution in [-0.2, 0) is 17.6 Å². The van der Waals surface area contributed by atoms with Crippen molar-refractivity contribution in [1.29, 1.82) is 0 Å². The van der Waals surface area contributed by atoms with Gasteiger partial charge in [0.15, 0.2) is 0 Å². The molecule has 1 saturated heterocycles. The summed E-state index contributed by atoms with van der Waals surface area (Å²) in [6.45, 7) is 6.59. The normalized spacial score (nSPS) is 17.9. The van der Waals surface area contributed by atoms with Crippen molar-refractivity contribution in [1.82, 2.24) is 4.90 Å². The molecule has 2 aromatic rings. The lowest BCUT2D eigenvalue weighted by atomic mass is 9.85. The molecule has 2 aliphatic carbocycles. The molecule has 0 radical (unpaired) electrons. The van der Waals surface area contributed by atoms with Crippen LogP contribution in [0.25, 0.3) is 5.57 Å². The second-order valence-corrected chi connectivity index (χ2v) is 10.9. The monoisotopic (exact) mass is 538 g/mol. The van der Waals surface area contributed by atoms with Gasteiger partial charge in [0.25, 0.3) is 0 Å². The van der Waals surface area contributed by atoms with E-state index in [2.05, 4.69) is 35.7 Å². The second-order valence-electron chi connectivity index (χ2n) is 10.9. The number of rotatable bonds is 9. The van der Waals surface area contributed by atoms with Crippen LogP contribution in [0, 0.1) is 5.92 Å². The van der Waals surface area contributed by atoms with Crippen molar-refractivity contribution >= 4 is 17.4 Å². The number of nitrogens with zero attached hydrogens (tertiary/aromatic N) is 1. The number of aromatic carboxylic acids is 1. The van der Waals surface area contributed by atoms with Crippen LogP contribution in [0.4, 0.5) is 4.39 Å². The molecule has 40 heavy (non-hydrogen) atoms. The molecule has 0 saturated carbocycles. The van der Waals surface area contributed by atoms with Gasteiger partial charge < -0.3 is 15.7 Å². The highest BCUT2D eigenvalue weighted by Crippen LogP contribution is 2.40. The van der Waals surface area contributed by atoms with Crippen molar-refractivity contribution in [3.63, 3.8) is 0 Å². The van der Waals surface area contributed by atoms with E-state index in [-0.39, 0.29) is 12.2 Å². The first kappa shape index (κ1) is 27.5. The van der Waals surface area contributed by atoms with Crippen LogP contribution in [-0.4, -0.2) is 48.2 Å².